The Bertz CT molecular complexity index is 597. The van der Waals surface area contributed by atoms with Crippen molar-refractivity contribution in [3.05, 3.63) is 60.2 Å². The lowest BCUT2D eigenvalue weighted by atomic mass is 10.0. The summed E-state index contributed by atoms with van der Waals surface area (Å²) in [6.45, 7) is 0. The fourth-order valence-electron chi connectivity index (χ4n) is 1.63. The van der Waals surface area contributed by atoms with Gasteiger partial charge < -0.3 is 0 Å². The van der Waals surface area contributed by atoms with Crippen molar-refractivity contribution in [2.45, 2.75) is 6.36 Å². The van der Waals surface area contributed by atoms with E-state index in [0.29, 0.717) is 0 Å². The van der Waals surface area contributed by atoms with Gasteiger partial charge in [-0.15, -0.1) is 13.2 Å². The van der Waals surface area contributed by atoms with Crippen molar-refractivity contribution in [2.24, 2.45) is 0 Å². The Balaban J connectivity index is 2.16. The number of alkyl halides is 3. The van der Waals surface area contributed by atoms with Gasteiger partial charge in [-0.25, -0.2) is 5.48 Å². The molecule has 1 N–H and O–H groups in total. The third kappa shape index (κ3) is 3.83. The highest BCUT2D eigenvalue weighted by molar-refractivity contribution is 5.94. The minimum atomic E-state index is -4.91. The minimum Gasteiger partial charge on any atom is -0.267 e. The van der Waals surface area contributed by atoms with E-state index in [4.69, 9.17) is 0 Å². The van der Waals surface area contributed by atoms with Gasteiger partial charge >= 0.3 is 6.36 Å². The molecule has 0 aliphatic rings. The van der Waals surface area contributed by atoms with E-state index in [0.717, 1.165) is 11.1 Å². The van der Waals surface area contributed by atoms with Gasteiger partial charge in [-0.3, -0.25) is 4.79 Å². The molecule has 6 heteroatoms. The van der Waals surface area contributed by atoms with E-state index in [1.807, 2.05) is 30.3 Å². The molecule has 2 aromatic rings. The molecule has 0 aromatic heterocycles. The van der Waals surface area contributed by atoms with Crippen LogP contribution in [0.5, 0.6) is 0 Å². The van der Waals surface area contributed by atoms with E-state index in [1.165, 1.54) is 17.6 Å². The van der Waals surface area contributed by atoms with E-state index in [9.17, 15) is 18.0 Å². The van der Waals surface area contributed by atoms with Gasteiger partial charge in [0.15, 0.2) is 0 Å². The summed E-state index contributed by atoms with van der Waals surface area (Å²) in [4.78, 5) is 14.8. The number of amides is 1. The topological polar surface area (TPSA) is 38.3 Å². The molecule has 0 saturated heterocycles. The molecule has 0 aliphatic carbocycles. The van der Waals surface area contributed by atoms with Crippen molar-refractivity contribution in [3.8, 4) is 11.1 Å². The fraction of sp³-hybridized carbons (Fsp3) is 0.0714. The fourth-order valence-corrected chi connectivity index (χ4v) is 1.63. The Hall–Kier alpha value is -2.34. The molecule has 0 spiro atoms. The second-order valence-corrected chi connectivity index (χ2v) is 3.93. The standard InChI is InChI=1S/C14H10F3NO2/c15-14(16,17)20-18-13(19)12-8-4-7-11(9-12)10-5-2-1-3-6-10/h1-9H,(H,18,19). The molecule has 2 rings (SSSR count). The summed E-state index contributed by atoms with van der Waals surface area (Å²) >= 11 is 0. The zero-order valence-corrected chi connectivity index (χ0v) is 10.1. The molecule has 20 heavy (non-hydrogen) atoms. The maximum Gasteiger partial charge on any atom is 0.543 e. The van der Waals surface area contributed by atoms with Crippen LogP contribution in [-0.2, 0) is 4.84 Å². The van der Waals surface area contributed by atoms with Crippen LogP contribution in [0.3, 0.4) is 0 Å². The number of halogens is 3. The zero-order valence-electron chi connectivity index (χ0n) is 10.1. The van der Waals surface area contributed by atoms with Crippen molar-refractivity contribution >= 4 is 5.91 Å². The molecule has 104 valence electrons. The lowest BCUT2D eigenvalue weighted by Crippen LogP contribution is -2.31. The van der Waals surface area contributed by atoms with E-state index in [2.05, 4.69) is 4.84 Å². The molecule has 0 radical (unpaired) electrons. The smallest absolute Gasteiger partial charge is 0.267 e. The lowest BCUT2D eigenvalue weighted by Gasteiger charge is -2.09. The first-order chi connectivity index (χ1) is 9.46. The summed E-state index contributed by atoms with van der Waals surface area (Å²) in [6, 6.07) is 15.4. The van der Waals surface area contributed by atoms with Gasteiger partial charge in [-0.2, -0.15) is 4.84 Å². The molecule has 3 nitrogen and oxygen atoms in total. The Labute approximate surface area is 112 Å². The van der Waals surface area contributed by atoms with Crippen LogP contribution in [0.1, 0.15) is 10.4 Å². The van der Waals surface area contributed by atoms with Crippen LogP contribution in [0, 0.1) is 0 Å². The number of hydrogen-bond donors (Lipinski definition) is 1. The highest BCUT2D eigenvalue weighted by atomic mass is 19.4. The van der Waals surface area contributed by atoms with Crippen molar-refractivity contribution < 1.29 is 22.8 Å². The molecule has 0 aliphatic heterocycles. The number of benzene rings is 2. The van der Waals surface area contributed by atoms with E-state index < -0.39 is 12.3 Å². The Kier molecular flexibility index (Phi) is 4.05. The highest BCUT2D eigenvalue weighted by Crippen LogP contribution is 2.20. The molecular weight excluding hydrogens is 271 g/mol. The lowest BCUT2D eigenvalue weighted by molar-refractivity contribution is -0.343. The van der Waals surface area contributed by atoms with Crippen molar-refractivity contribution in [2.75, 3.05) is 0 Å². The summed E-state index contributed by atoms with van der Waals surface area (Å²) in [7, 11) is 0. The van der Waals surface area contributed by atoms with Crippen LogP contribution in [0.15, 0.2) is 54.6 Å². The highest BCUT2D eigenvalue weighted by Gasteiger charge is 2.31. The average molecular weight is 281 g/mol. The van der Waals surface area contributed by atoms with E-state index in [1.54, 1.807) is 12.1 Å². The van der Waals surface area contributed by atoms with Crippen LogP contribution in [-0.4, -0.2) is 12.3 Å². The number of nitrogens with one attached hydrogen (secondary N) is 1. The monoisotopic (exact) mass is 281 g/mol. The molecule has 2 aromatic carbocycles. The molecule has 1 amide bonds. The first kappa shape index (κ1) is 14.1. The van der Waals surface area contributed by atoms with Crippen LogP contribution in [0.2, 0.25) is 0 Å². The van der Waals surface area contributed by atoms with Crippen molar-refractivity contribution in [3.63, 3.8) is 0 Å². The predicted molar refractivity (Wildman–Crippen MR) is 66.5 cm³/mol. The number of carbonyl (C=O) groups is 1. The number of hydroxylamine groups is 1. The van der Waals surface area contributed by atoms with Crippen LogP contribution < -0.4 is 5.48 Å². The van der Waals surface area contributed by atoms with E-state index in [-0.39, 0.29) is 5.56 Å². The maximum absolute atomic E-state index is 11.8. The molecule has 0 unspecified atom stereocenters. The Morgan fingerprint density at radius 2 is 1.60 bits per heavy atom. The Morgan fingerprint density at radius 3 is 2.25 bits per heavy atom. The van der Waals surface area contributed by atoms with Gasteiger partial charge in [-0.05, 0) is 23.3 Å². The SMILES string of the molecule is O=C(NOC(F)(F)F)c1cccc(-c2ccccc2)c1. The number of carbonyl (C=O) groups excluding carboxylic acids is 1. The number of rotatable bonds is 3. The van der Waals surface area contributed by atoms with Gasteiger partial charge in [0.2, 0.25) is 0 Å². The molecule has 0 saturated carbocycles. The second kappa shape index (κ2) is 5.75. The zero-order chi connectivity index (χ0) is 14.6. The first-order valence-electron chi connectivity index (χ1n) is 5.66. The maximum atomic E-state index is 11.8. The quantitative estimate of drug-likeness (QED) is 0.874. The van der Waals surface area contributed by atoms with Crippen LogP contribution >= 0.6 is 0 Å². The number of hydrogen-bond acceptors (Lipinski definition) is 2. The summed E-state index contributed by atoms with van der Waals surface area (Å²) < 4.78 is 35.5. The second-order valence-electron chi connectivity index (χ2n) is 3.93. The summed E-state index contributed by atoms with van der Waals surface area (Å²) in [5, 5.41) is 0. The van der Waals surface area contributed by atoms with E-state index >= 15 is 0 Å². The molecule has 0 heterocycles. The Morgan fingerprint density at radius 1 is 0.950 bits per heavy atom. The normalized spacial score (nSPS) is 11.2. The first-order valence-corrected chi connectivity index (χ1v) is 5.66. The van der Waals surface area contributed by atoms with Crippen LogP contribution in [0.25, 0.3) is 11.1 Å². The summed E-state index contributed by atoms with van der Waals surface area (Å²) in [5.41, 5.74) is 3.02. The van der Waals surface area contributed by atoms with Gasteiger partial charge in [0.25, 0.3) is 5.91 Å². The summed E-state index contributed by atoms with van der Waals surface area (Å²) in [6.07, 6.45) is -4.91. The van der Waals surface area contributed by atoms with Gasteiger partial charge in [0.05, 0.1) is 0 Å². The molecule has 0 fully saturated rings. The molecule has 0 atom stereocenters. The average Bonchev–Trinajstić information content (AvgIpc) is 2.45. The molecule has 0 bridgehead atoms. The minimum absolute atomic E-state index is 0.0793. The molecular formula is C14H10F3NO2. The van der Waals surface area contributed by atoms with Gasteiger partial charge in [0, 0.05) is 5.56 Å². The third-order valence-corrected chi connectivity index (χ3v) is 2.49. The van der Waals surface area contributed by atoms with Crippen molar-refractivity contribution in [1.29, 1.82) is 0 Å². The predicted octanol–water partition coefficient (Wildman–Crippen LogP) is 3.53. The third-order valence-electron chi connectivity index (χ3n) is 2.49. The van der Waals surface area contributed by atoms with Crippen molar-refractivity contribution in [1.82, 2.24) is 5.48 Å². The van der Waals surface area contributed by atoms with Gasteiger partial charge in [0.1, 0.15) is 0 Å². The summed E-state index contributed by atoms with van der Waals surface area (Å²) in [5.74, 6) is -0.958. The van der Waals surface area contributed by atoms with Gasteiger partial charge in [-0.1, -0.05) is 42.5 Å². The van der Waals surface area contributed by atoms with Crippen LogP contribution in [0.4, 0.5) is 13.2 Å². The largest absolute Gasteiger partial charge is 0.543 e.